The molecule has 1 aromatic heterocycles. The summed E-state index contributed by atoms with van der Waals surface area (Å²) in [6.45, 7) is 3.28. The number of hydrogen-bond acceptors (Lipinski definition) is 3. The number of imidazole rings is 1. The van der Waals surface area contributed by atoms with Gasteiger partial charge < -0.3 is 4.57 Å². The lowest BCUT2D eigenvalue weighted by Crippen LogP contribution is -2.04. The number of nitrogens with zero attached hydrogens (tertiary/aromatic N) is 2. The molecule has 0 aliphatic carbocycles. The first kappa shape index (κ1) is 9.92. The predicted octanol–water partition coefficient (Wildman–Crippen LogP) is 1.49. The number of hydrogen-bond donors (Lipinski definition) is 0. The largest absolute Gasteiger partial charge is 0.318 e. The third-order valence-corrected chi connectivity index (χ3v) is 3.53. The van der Waals surface area contributed by atoms with Crippen LogP contribution in [0.2, 0.25) is 0 Å². The van der Waals surface area contributed by atoms with E-state index in [1.807, 2.05) is 18.2 Å². The Morgan fingerprint density at radius 2 is 2.07 bits per heavy atom. The van der Waals surface area contributed by atoms with Gasteiger partial charge in [0.2, 0.25) is 15.0 Å². The predicted molar refractivity (Wildman–Crippen MR) is 58.1 cm³/mol. The minimum Gasteiger partial charge on any atom is -0.318 e. The van der Waals surface area contributed by atoms with E-state index in [0.29, 0.717) is 5.52 Å². The molecule has 0 spiro atoms. The summed E-state index contributed by atoms with van der Waals surface area (Å²) in [5.41, 5.74) is 1.46. The molecule has 1 aromatic carbocycles. The minimum atomic E-state index is -3.47. The van der Waals surface area contributed by atoms with Gasteiger partial charge in [-0.05, 0) is 12.1 Å². The van der Waals surface area contributed by atoms with E-state index >= 15 is 0 Å². The molecule has 0 radical (unpaired) electrons. The van der Waals surface area contributed by atoms with Gasteiger partial charge in [-0.25, -0.2) is 13.4 Å². The number of para-hydroxylation sites is 2. The van der Waals surface area contributed by atoms with E-state index in [4.69, 9.17) is 0 Å². The third-order valence-electron chi connectivity index (χ3n) is 2.22. The fourth-order valence-electron chi connectivity index (χ4n) is 1.45. The highest BCUT2D eigenvalue weighted by Crippen LogP contribution is 2.18. The fraction of sp³-hybridized carbons (Fsp3) is 0.100. The van der Waals surface area contributed by atoms with Crippen LogP contribution in [0.15, 0.2) is 41.4 Å². The molecular formula is C10H10N2O2S. The zero-order valence-electron chi connectivity index (χ0n) is 8.21. The Hall–Kier alpha value is -1.62. The summed E-state index contributed by atoms with van der Waals surface area (Å²) in [6.07, 6.45) is 0. The molecule has 0 atom stereocenters. The van der Waals surface area contributed by atoms with E-state index in [9.17, 15) is 8.42 Å². The molecule has 0 unspecified atom stereocenters. The third kappa shape index (κ3) is 1.45. The zero-order chi connectivity index (χ0) is 11.1. The number of aromatic nitrogens is 2. The van der Waals surface area contributed by atoms with Gasteiger partial charge in [-0.1, -0.05) is 18.7 Å². The van der Waals surface area contributed by atoms with Crippen molar-refractivity contribution in [1.82, 2.24) is 9.55 Å². The summed E-state index contributed by atoms with van der Waals surface area (Å²) in [7, 11) is -1.80. The lowest BCUT2D eigenvalue weighted by molar-refractivity contribution is 0.590. The van der Waals surface area contributed by atoms with Gasteiger partial charge in [0.05, 0.1) is 11.0 Å². The Morgan fingerprint density at radius 1 is 1.40 bits per heavy atom. The highest BCUT2D eigenvalue weighted by Gasteiger charge is 2.18. The summed E-state index contributed by atoms with van der Waals surface area (Å²) in [5.74, 6) is 0. The summed E-state index contributed by atoms with van der Waals surface area (Å²) in [6, 6.07) is 7.26. The van der Waals surface area contributed by atoms with Gasteiger partial charge in [0.25, 0.3) is 0 Å². The number of benzene rings is 1. The summed E-state index contributed by atoms with van der Waals surface area (Å²) < 4.78 is 24.7. The van der Waals surface area contributed by atoms with Gasteiger partial charge >= 0.3 is 0 Å². The highest BCUT2D eigenvalue weighted by molar-refractivity contribution is 7.94. The number of fused-ring (bicyclic) bond motifs is 1. The second-order valence-corrected chi connectivity index (χ2v) is 4.94. The number of rotatable bonds is 2. The van der Waals surface area contributed by atoms with Crippen molar-refractivity contribution in [3.63, 3.8) is 0 Å². The van der Waals surface area contributed by atoms with E-state index < -0.39 is 9.84 Å². The van der Waals surface area contributed by atoms with E-state index in [1.54, 1.807) is 17.7 Å². The van der Waals surface area contributed by atoms with E-state index in [2.05, 4.69) is 11.6 Å². The quantitative estimate of drug-likeness (QED) is 0.773. The van der Waals surface area contributed by atoms with Crippen LogP contribution < -0.4 is 0 Å². The molecule has 0 saturated carbocycles. The topological polar surface area (TPSA) is 52.0 Å². The van der Waals surface area contributed by atoms with Gasteiger partial charge in [0.15, 0.2) is 0 Å². The molecule has 2 aromatic rings. The van der Waals surface area contributed by atoms with Crippen molar-refractivity contribution in [2.45, 2.75) is 5.16 Å². The molecular weight excluding hydrogens is 212 g/mol. The molecule has 0 N–H and O–H groups in total. The lowest BCUT2D eigenvalue weighted by atomic mass is 10.3. The van der Waals surface area contributed by atoms with E-state index in [1.165, 1.54) is 0 Å². The van der Waals surface area contributed by atoms with Crippen LogP contribution in [0.25, 0.3) is 11.0 Å². The average molecular weight is 222 g/mol. The summed E-state index contributed by atoms with van der Waals surface area (Å²) in [5, 5.41) is 0.938. The van der Waals surface area contributed by atoms with Crippen molar-refractivity contribution in [2.24, 2.45) is 7.05 Å². The SMILES string of the molecule is C=CS(=O)(=O)c1nc2ccccc2n1C. The Labute approximate surface area is 87.8 Å². The molecule has 0 bridgehead atoms. The molecule has 15 heavy (non-hydrogen) atoms. The van der Waals surface area contributed by atoms with Crippen LogP contribution >= 0.6 is 0 Å². The first-order valence-electron chi connectivity index (χ1n) is 4.35. The Balaban J connectivity index is 2.85. The van der Waals surface area contributed by atoms with Crippen LogP contribution in [0.1, 0.15) is 0 Å². The van der Waals surface area contributed by atoms with Crippen molar-refractivity contribution in [1.29, 1.82) is 0 Å². The lowest BCUT2D eigenvalue weighted by Gasteiger charge is -1.98. The molecule has 0 saturated heterocycles. The number of aryl methyl sites for hydroxylation is 1. The standard InChI is InChI=1S/C10H10N2O2S/c1-3-15(13,14)10-11-8-6-4-5-7-9(8)12(10)2/h3-7H,1H2,2H3. The van der Waals surface area contributed by atoms with E-state index in [0.717, 1.165) is 10.9 Å². The van der Waals surface area contributed by atoms with Gasteiger partial charge in [-0.15, -0.1) is 0 Å². The van der Waals surface area contributed by atoms with Crippen LogP contribution in [-0.2, 0) is 16.9 Å². The normalized spacial score (nSPS) is 11.8. The molecule has 0 fully saturated rings. The fourth-order valence-corrected chi connectivity index (χ4v) is 2.31. The Morgan fingerprint density at radius 3 is 2.67 bits per heavy atom. The van der Waals surface area contributed by atoms with Crippen molar-refractivity contribution in [2.75, 3.05) is 0 Å². The second kappa shape index (κ2) is 3.20. The maximum atomic E-state index is 11.6. The number of sulfone groups is 1. The van der Waals surface area contributed by atoms with Gasteiger partial charge in [0.1, 0.15) is 0 Å². The maximum absolute atomic E-state index is 11.6. The molecule has 0 aliphatic heterocycles. The molecule has 0 amide bonds. The van der Waals surface area contributed by atoms with Crippen LogP contribution in [0.4, 0.5) is 0 Å². The van der Waals surface area contributed by atoms with Crippen molar-refractivity contribution >= 4 is 20.9 Å². The first-order valence-corrected chi connectivity index (χ1v) is 5.90. The first-order chi connectivity index (χ1) is 7.06. The van der Waals surface area contributed by atoms with Crippen LogP contribution in [0.3, 0.4) is 0 Å². The van der Waals surface area contributed by atoms with Crippen LogP contribution in [0.5, 0.6) is 0 Å². The van der Waals surface area contributed by atoms with Gasteiger partial charge in [-0.2, -0.15) is 0 Å². The Bertz CT molecular complexity index is 626. The minimum absolute atomic E-state index is 0.0266. The molecule has 5 heteroatoms. The molecule has 2 rings (SSSR count). The molecule has 78 valence electrons. The van der Waals surface area contributed by atoms with E-state index in [-0.39, 0.29) is 5.16 Å². The smallest absolute Gasteiger partial charge is 0.232 e. The van der Waals surface area contributed by atoms with Crippen molar-refractivity contribution < 1.29 is 8.42 Å². The van der Waals surface area contributed by atoms with Crippen molar-refractivity contribution in [3.05, 3.63) is 36.3 Å². The van der Waals surface area contributed by atoms with Crippen LogP contribution in [0, 0.1) is 0 Å². The molecule has 1 heterocycles. The van der Waals surface area contributed by atoms with Gasteiger partial charge in [-0.3, -0.25) is 0 Å². The molecule has 0 aliphatic rings. The average Bonchev–Trinajstić information content (AvgIpc) is 2.58. The monoisotopic (exact) mass is 222 g/mol. The maximum Gasteiger partial charge on any atom is 0.232 e. The zero-order valence-corrected chi connectivity index (χ0v) is 9.03. The van der Waals surface area contributed by atoms with Crippen molar-refractivity contribution in [3.8, 4) is 0 Å². The summed E-state index contributed by atoms with van der Waals surface area (Å²) in [4.78, 5) is 4.06. The summed E-state index contributed by atoms with van der Waals surface area (Å²) >= 11 is 0. The second-order valence-electron chi connectivity index (χ2n) is 3.15. The van der Waals surface area contributed by atoms with Crippen LogP contribution in [-0.4, -0.2) is 18.0 Å². The Kier molecular flexibility index (Phi) is 2.12. The molecule has 4 nitrogen and oxygen atoms in total. The highest BCUT2D eigenvalue weighted by atomic mass is 32.2. The van der Waals surface area contributed by atoms with Gasteiger partial charge in [0, 0.05) is 12.5 Å².